The zero-order valence-electron chi connectivity index (χ0n) is 8.20. The first kappa shape index (κ1) is 14.8. The van der Waals surface area contributed by atoms with Crippen molar-refractivity contribution >= 4 is 15.9 Å². The summed E-state index contributed by atoms with van der Waals surface area (Å²) in [5.41, 5.74) is 0. The van der Waals surface area contributed by atoms with Crippen LogP contribution in [0.25, 0.3) is 0 Å². The fourth-order valence-corrected chi connectivity index (χ4v) is 2.90. The van der Waals surface area contributed by atoms with Gasteiger partial charge < -0.3 is 9.79 Å². The minimum atomic E-state index is -4.05. The van der Waals surface area contributed by atoms with Gasteiger partial charge in [0.05, 0.1) is 0 Å². The summed E-state index contributed by atoms with van der Waals surface area (Å²) in [7, 11) is -7.46. The van der Waals surface area contributed by atoms with Gasteiger partial charge in [-0.15, -0.1) is 13.2 Å². The van der Waals surface area contributed by atoms with Crippen molar-refractivity contribution in [1.29, 1.82) is 0 Å². The van der Waals surface area contributed by atoms with Crippen molar-refractivity contribution in [3.8, 4) is 0 Å². The maximum atomic E-state index is 11.3. The van der Waals surface area contributed by atoms with Gasteiger partial charge in [-0.05, 0) is 0 Å². The molecule has 6 nitrogen and oxygen atoms in total. The predicted molar refractivity (Wildman–Crippen MR) is 59.0 cm³/mol. The van der Waals surface area contributed by atoms with E-state index in [0.717, 1.165) is 0 Å². The SMILES string of the molecule is C=CCN(CC=C)CP(=O)(O)O[PH](=O)O. The Kier molecular flexibility index (Phi) is 7.02. The molecule has 0 aromatic rings. The highest BCUT2D eigenvalue weighted by Gasteiger charge is 2.24. The highest BCUT2D eigenvalue weighted by molar-refractivity contribution is 7.59. The lowest BCUT2D eigenvalue weighted by molar-refractivity contribution is 0.307. The number of rotatable bonds is 8. The lowest BCUT2D eigenvalue weighted by Gasteiger charge is -2.20. The molecule has 0 saturated heterocycles. The van der Waals surface area contributed by atoms with Gasteiger partial charge in [0.25, 0.3) is 0 Å². The topological polar surface area (TPSA) is 87.1 Å². The summed E-state index contributed by atoms with van der Waals surface area (Å²) >= 11 is 0. The third-order valence-corrected chi connectivity index (χ3v) is 3.90. The molecule has 88 valence electrons. The maximum Gasteiger partial charge on any atom is 0.349 e. The summed E-state index contributed by atoms with van der Waals surface area (Å²) in [5, 5.41) is 0. The van der Waals surface area contributed by atoms with Gasteiger partial charge in [-0.3, -0.25) is 14.0 Å². The van der Waals surface area contributed by atoms with Crippen LogP contribution in [0.2, 0.25) is 0 Å². The second-order valence-corrected chi connectivity index (χ2v) is 5.57. The average molecular weight is 255 g/mol. The van der Waals surface area contributed by atoms with Gasteiger partial charge in [0, 0.05) is 13.1 Å². The molecule has 0 rings (SSSR count). The van der Waals surface area contributed by atoms with E-state index in [0.29, 0.717) is 13.1 Å². The molecule has 2 unspecified atom stereocenters. The van der Waals surface area contributed by atoms with E-state index in [-0.39, 0.29) is 6.29 Å². The van der Waals surface area contributed by atoms with Crippen molar-refractivity contribution in [3.63, 3.8) is 0 Å². The van der Waals surface area contributed by atoms with Crippen molar-refractivity contribution in [2.75, 3.05) is 19.4 Å². The number of hydrogen-bond acceptors (Lipinski definition) is 4. The summed E-state index contributed by atoms with van der Waals surface area (Å²) in [4.78, 5) is 19.1. The highest BCUT2D eigenvalue weighted by atomic mass is 31.2. The van der Waals surface area contributed by atoms with Gasteiger partial charge in [-0.1, -0.05) is 12.2 Å². The summed E-state index contributed by atoms with van der Waals surface area (Å²) in [6.07, 6.45) is 2.76. The van der Waals surface area contributed by atoms with Gasteiger partial charge in [0.2, 0.25) is 0 Å². The molecule has 0 bridgehead atoms. The second kappa shape index (κ2) is 7.12. The van der Waals surface area contributed by atoms with Gasteiger partial charge in [0.15, 0.2) is 0 Å². The Balaban J connectivity index is 4.35. The first-order valence-corrected chi connectivity index (χ1v) is 7.12. The standard InChI is InChI=1S/C7H15NO5P2/c1-3-5-8(6-4-2)7-15(11,12)13-14(9)10/h3-4,14H,1-2,5-7H2,(H,9,10)(H,11,12). The first-order valence-electron chi connectivity index (χ1n) is 4.09. The normalized spacial score (nSPS) is 17.0. The van der Waals surface area contributed by atoms with Crippen LogP contribution in [-0.4, -0.2) is 34.1 Å². The Labute approximate surface area is 89.4 Å². The molecule has 0 fully saturated rings. The molecule has 0 aromatic carbocycles. The smallest absolute Gasteiger partial charge is 0.326 e. The predicted octanol–water partition coefficient (Wildman–Crippen LogP) is 1.20. The van der Waals surface area contributed by atoms with Crippen molar-refractivity contribution in [1.82, 2.24) is 4.90 Å². The molecule has 0 heterocycles. The fourth-order valence-electron chi connectivity index (χ4n) is 0.959. The van der Waals surface area contributed by atoms with Crippen LogP contribution in [0.5, 0.6) is 0 Å². The van der Waals surface area contributed by atoms with E-state index >= 15 is 0 Å². The minimum absolute atomic E-state index is 0.331. The molecule has 15 heavy (non-hydrogen) atoms. The van der Waals surface area contributed by atoms with Gasteiger partial charge in [0.1, 0.15) is 6.29 Å². The van der Waals surface area contributed by atoms with E-state index in [1.54, 1.807) is 12.2 Å². The zero-order chi connectivity index (χ0) is 11.9. The molecule has 0 spiro atoms. The van der Waals surface area contributed by atoms with Crippen LogP contribution in [0.15, 0.2) is 25.3 Å². The van der Waals surface area contributed by atoms with E-state index in [4.69, 9.17) is 4.89 Å². The fraction of sp³-hybridized carbons (Fsp3) is 0.429. The Morgan fingerprint density at radius 3 is 2.20 bits per heavy atom. The Hall–Kier alpha value is -0.220. The zero-order valence-corrected chi connectivity index (χ0v) is 10.1. The second-order valence-electron chi connectivity index (χ2n) is 2.75. The third-order valence-electron chi connectivity index (χ3n) is 1.37. The third kappa shape index (κ3) is 7.68. The largest absolute Gasteiger partial charge is 0.349 e. The minimum Gasteiger partial charge on any atom is -0.326 e. The Morgan fingerprint density at radius 1 is 1.40 bits per heavy atom. The summed E-state index contributed by atoms with van der Waals surface area (Å²) in [6.45, 7) is 7.70. The quantitative estimate of drug-likeness (QED) is 0.500. The maximum absolute atomic E-state index is 11.3. The first-order chi connectivity index (χ1) is 6.91. The number of nitrogens with zero attached hydrogens (tertiary/aromatic N) is 1. The molecule has 0 aliphatic rings. The van der Waals surface area contributed by atoms with Gasteiger partial charge in [-0.2, -0.15) is 0 Å². The number of hydrogen-bond donors (Lipinski definition) is 2. The van der Waals surface area contributed by atoms with Crippen LogP contribution in [0.1, 0.15) is 0 Å². The lowest BCUT2D eigenvalue weighted by atomic mass is 10.5. The van der Waals surface area contributed by atoms with Crippen LogP contribution >= 0.6 is 15.9 Å². The van der Waals surface area contributed by atoms with Crippen LogP contribution < -0.4 is 0 Å². The van der Waals surface area contributed by atoms with E-state index in [1.165, 1.54) is 4.90 Å². The summed E-state index contributed by atoms with van der Waals surface area (Å²) in [5.74, 6) is 0. The molecule has 0 saturated carbocycles. The molecule has 0 aromatic heterocycles. The average Bonchev–Trinajstić information content (AvgIpc) is 2.01. The van der Waals surface area contributed by atoms with E-state index < -0.39 is 15.9 Å². The molecule has 2 atom stereocenters. The van der Waals surface area contributed by atoms with E-state index in [1.807, 2.05) is 0 Å². The summed E-state index contributed by atoms with van der Waals surface area (Å²) < 4.78 is 25.6. The Morgan fingerprint density at radius 2 is 1.87 bits per heavy atom. The van der Waals surface area contributed by atoms with Crippen molar-refractivity contribution in [2.24, 2.45) is 0 Å². The molecule has 0 amide bonds. The molecular weight excluding hydrogens is 240 g/mol. The van der Waals surface area contributed by atoms with Gasteiger partial charge in [-0.25, -0.2) is 4.31 Å². The molecule has 2 N–H and O–H groups in total. The monoisotopic (exact) mass is 255 g/mol. The van der Waals surface area contributed by atoms with Gasteiger partial charge >= 0.3 is 15.9 Å². The van der Waals surface area contributed by atoms with Crippen molar-refractivity contribution in [2.45, 2.75) is 0 Å². The van der Waals surface area contributed by atoms with E-state index in [9.17, 15) is 14.0 Å². The molecule has 0 radical (unpaired) electrons. The van der Waals surface area contributed by atoms with Crippen molar-refractivity contribution in [3.05, 3.63) is 25.3 Å². The highest BCUT2D eigenvalue weighted by Crippen LogP contribution is 2.49. The van der Waals surface area contributed by atoms with Crippen LogP contribution in [0.3, 0.4) is 0 Å². The Bertz CT molecular complexity index is 283. The molecule has 8 heteroatoms. The van der Waals surface area contributed by atoms with Crippen LogP contribution in [0, 0.1) is 0 Å². The molecular formula is C7H15NO5P2. The summed E-state index contributed by atoms with van der Waals surface area (Å²) in [6, 6.07) is 0. The van der Waals surface area contributed by atoms with E-state index in [2.05, 4.69) is 17.5 Å². The molecule has 0 aliphatic carbocycles. The van der Waals surface area contributed by atoms with Crippen LogP contribution in [-0.2, 0) is 13.4 Å². The lowest BCUT2D eigenvalue weighted by Crippen LogP contribution is -2.25. The van der Waals surface area contributed by atoms with Crippen LogP contribution in [0.4, 0.5) is 0 Å². The molecule has 0 aliphatic heterocycles. The van der Waals surface area contributed by atoms with Crippen molar-refractivity contribution < 1.29 is 23.2 Å².